The molecule has 0 spiro atoms. The minimum Gasteiger partial charge on any atom is -0.377 e. The van der Waals surface area contributed by atoms with Crippen LogP contribution in [0.2, 0.25) is 0 Å². The fourth-order valence-corrected chi connectivity index (χ4v) is 2.20. The van der Waals surface area contributed by atoms with Gasteiger partial charge in [0, 0.05) is 0 Å². The van der Waals surface area contributed by atoms with E-state index in [1.807, 2.05) is 0 Å². The normalized spacial score (nSPS) is 14.0. The molecule has 1 rings (SSSR count). The Kier molecular flexibility index (Phi) is 6.56. The van der Waals surface area contributed by atoms with Crippen molar-refractivity contribution in [2.24, 2.45) is 17.7 Å². The standard InChI is InChI=1S/C14H17N3O7/c1-2-8-4-3-5-9(6-8)11(12(19)23-16)14(21,13(20)24-17)7-10(18)22-15/h2-6,11,21H,1,7,15-17H2. The Hall–Kier alpha value is -2.79. The molecule has 0 saturated carbocycles. The molecule has 10 nitrogen and oxygen atoms in total. The summed E-state index contributed by atoms with van der Waals surface area (Å²) in [5.41, 5.74) is -2.10. The molecular formula is C14H17N3O7. The fraction of sp³-hybridized carbons (Fsp3) is 0.214. The lowest BCUT2D eigenvalue weighted by atomic mass is 9.79. The lowest BCUT2D eigenvalue weighted by Gasteiger charge is -2.30. The molecular weight excluding hydrogens is 322 g/mol. The van der Waals surface area contributed by atoms with E-state index in [4.69, 9.17) is 17.7 Å². The van der Waals surface area contributed by atoms with Gasteiger partial charge in [-0.15, -0.1) is 0 Å². The second kappa shape index (κ2) is 8.17. The summed E-state index contributed by atoms with van der Waals surface area (Å²) in [6.45, 7) is 3.57. The highest BCUT2D eigenvalue weighted by atomic mass is 16.7. The van der Waals surface area contributed by atoms with E-state index in [0.717, 1.165) is 0 Å². The summed E-state index contributed by atoms with van der Waals surface area (Å²) in [6, 6.07) is 6.00. The summed E-state index contributed by atoms with van der Waals surface area (Å²) < 4.78 is 0. The van der Waals surface area contributed by atoms with Crippen molar-refractivity contribution in [3.05, 3.63) is 42.0 Å². The van der Waals surface area contributed by atoms with Crippen LogP contribution < -0.4 is 17.7 Å². The number of carbonyl (C=O) groups is 3. The van der Waals surface area contributed by atoms with Crippen LogP contribution in [0.1, 0.15) is 23.5 Å². The highest BCUT2D eigenvalue weighted by Crippen LogP contribution is 2.34. The molecule has 0 heterocycles. The first-order valence-electron chi connectivity index (χ1n) is 6.50. The zero-order valence-corrected chi connectivity index (χ0v) is 12.5. The van der Waals surface area contributed by atoms with Crippen LogP contribution in [0.25, 0.3) is 6.08 Å². The molecule has 0 fully saturated rings. The predicted molar refractivity (Wildman–Crippen MR) is 79.7 cm³/mol. The zero-order chi connectivity index (χ0) is 18.3. The molecule has 0 aliphatic carbocycles. The minimum atomic E-state index is -2.76. The van der Waals surface area contributed by atoms with E-state index in [2.05, 4.69) is 21.1 Å². The van der Waals surface area contributed by atoms with Gasteiger partial charge in [-0.25, -0.2) is 9.59 Å². The summed E-state index contributed by atoms with van der Waals surface area (Å²) in [5, 5.41) is 10.7. The van der Waals surface area contributed by atoms with Crippen molar-refractivity contribution < 1.29 is 34.0 Å². The lowest BCUT2D eigenvalue weighted by Crippen LogP contribution is -2.52. The first-order chi connectivity index (χ1) is 11.3. The molecule has 0 aliphatic rings. The Morgan fingerprint density at radius 3 is 2.38 bits per heavy atom. The van der Waals surface area contributed by atoms with Gasteiger partial charge in [0.05, 0.1) is 6.42 Å². The maximum absolute atomic E-state index is 12.1. The van der Waals surface area contributed by atoms with Gasteiger partial charge in [0.1, 0.15) is 5.92 Å². The van der Waals surface area contributed by atoms with E-state index < -0.39 is 35.8 Å². The van der Waals surface area contributed by atoms with E-state index in [-0.39, 0.29) is 5.56 Å². The molecule has 0 radical (unpaired) electrons. The second-order valence-electron chi connectivity index (χ2n) is 4.74. The van der Waals surface area contributed by atoms with Crippen molar-refractivity contribution in [3.63, 3.8) is 0 Å². The van der Waals surface area contributed by atoms with Gasteiger partial charge in [-0.05, 0) is 11.1 Å². The highest BCUT2D eigenvalue weighted by Gasteiger charge is 2.53. The molecule has 2 atom stereocenters. The van der Waals surface area contributed by atoms with E-state index in [1.54, 1.807) is 6.07 Å². The molecule has 10 heteroatoms. The number of hydrogen-bond acceptors (Lipinski definition) is 10. The molecule has 0 amide bonds. The van der Waals surface area contributed by atoms with Crippen molar-refractivity contribution in [1.29, 1.82) is 0 Å². The van der Waals surface area contributed by atoms with Crippen molar-refractivity contribution in [2.45, 2.75) is 17.9 Å². The highest BCUT2D eigenvalue weighted by molar-refractivity contribution is 5.94. The summed E-state index contributed by atoms with van der Waals surface area (Å²) in [5.74, 6) is 8.76. The van der Waals surface area contributed by atoms with Crippen LogP contribution in [-0.4, -0.2) is 28.6 Å². The quantitative estimate of drug-likeness (QED) is 0.440. The van der Waals surface area contributed by atoms with Crippen LogP contribution in [0.5, 0.6) is 0 Å². The molecule has 2 unspecified atom stereocenters. The Morgan fingerprint density at radius 1 is 1.21 bits per heavy atom. The topological polar surface area (TPSA) is 177 Å². The third-order valence-corrected chi connectivity index (χ3v) is 3.31. The molecule has 0 aromatic heterocycles. The zero-order valence-electron chi connectivity index (χ0n) is 12.5. The van der Waals surface area contributed by atoms with Crippen LogP contribution in [0.15, 0.2) is 30.8 Å². The van der Waals surface area contributed by atoms with Crippen LogP contribution >= 0.6 is 0 Å². The average Bonchev–Trinajstić information content (AvgIpc) is 2.60. The summed E-state index contributed by atoms with van der Waals surface area (Å²) in [4.78, 5) is 47.6. The van der Waals surface area contributed by atoms with E-state index >= 15 is 0 Å². The maximum Gasteiger partial charge on any atom is 0.358 e. The monoisotopic (exact) mass is 339 g/mol. The van der Waals surface area contributed by atoms with Gasteiger partial charge in [-0.1, -0.05) is 36.9 Å². The Bertz CT molecular complexity index is 649. The van der Waals surface area contributed by atoms with Gasteiger partial charge < -0.3 is 19.6 Å². The molecule has 24 heavy (non-hydrogen) atoms. The van der Waals surface area contributed by atoms with Gasteiger partial charge in [0.2, 0.25) is 0 Å². The van der Waals surface area contributed by atoms with Crippen molar-refractivity contribution >= 4 is 24.0 Å². The van der Waals surface area contributed by atoms with Crippen LogP contribution in [-0.2, 0) is 28.9 Å². The van der Waals surface area contributed by atoms with Crippen molar-refractivity contribution in [2.75, 3.05) is 0 Å². The molecule has 1 aromatic rings. The van der Waals surface area contributed by atoms with Gasteiger partial charge in [0.15, 0.2) is 5.60 Å². The lowest BCUT2D eigenvalue weighted by molar-refractivity contribution is -0.181. The van der Waals surface area contributed by atoms with Gasteiger partial charge in [-0.3, -0.25) is 4.79 Å². The average molecular weight is 339 g/mol. The summed E-state index contributed by atoms with van der Waals surface area (Å²) in [6.07, 6.45) is 0.431. The minimum absolute atomic E-state index is 0.0978. The Labute approximate surface area is 136 Å². The third-order valence-electron chi connectivity index (χ3n) is 3.31. The fourth-order valence-electron chi connectivity index (χ4n) is 2.20. The number of hydrogen-bond donors (Lipinski definition) is 4. The number of benzene rings is 1. The molecule has 130 valence electrons. The molecule has 0 aliphatic heterocycles. The number of rotatable bonds is 7. The third kappa shape index (κ3) is 3.94. The molecule has 0 bridgehead atoms. The van der Waals surface area contributed by atoms with Crippen LogP contribution in [0, 0.1) is 0 Å². The van der Waals surface area contributed by atoms with Crippen molar-refractivity contribution in [3.8, 4) is 0 Å². The first-order valence-corrected chi connectivity index (χ1v) is 6.50. The van der Waals surface area contributed by atoms with Gasteiger partial charge in [-0.2, -0.15) is 17.7 Å². The molecule has 0 saturated heterocycles. The Balaban J connectivity index is 3.52. The summed E-state index contributed by atoms with van der Waals surface area (Å²) >= 11 is 0. The number of carbonyl (C=O) groups excluding carboxylic acids is 3. The number of aliphatic hydroxyl groups is 1. The van der Waals surface area contributed by atoms with E-state index in [9.17, 15) is 19.5 Å². The predicted octanol–water partition coefficient (Wildman–Crippen LogP) is -1.21. The van der Waals surface area contributed by atoms with Crippen molar-refractivity contribution in [1.82, 2.24) is 0 Å². The van der Waals surface area contributed by atoms with Gasteiger partial charge >= 0.3 is 17.9 Å². The second-order valence-corrected chi connectivity index (χ2v) is 4.74. The SMILES string of the molecule is C=Cc1cccc(C(C(=O)ON)C(O)(CC(=O)ON)C(=O)ON)c1. The van der Waals surface area contributed by atoms with Gasteiger partial charge in [0.25, 0.3) is 0 Å². The Morgan fingerprint density at radius 2 is 1.88 bits per heavy atom. The van der Waals surface area contributed by atoms with E-state index in [1.165, 1.54) is 24.3 Å². The molecule has 7 N–H and O–H groups in total. The summed E-state index contributed by atoms with van der Waals surface area (Å²) in [7, 11) is 0. The van der Waals surface area contributed by atoms with Crippen LogP contribution in [0.3, 0.4) is 0 Å². The largest absolute Gasteiger partial charge is 0.377 e. The maximum atomic E-state index is 12.1. The molecule has 1 aromatic carbocycles. The first kappa shape index (κ1) is 19.3. The van der Waals surface area contributed by atoms with Crippen LogP contribution in [0.4, 0.5) is 0 Å². The van der Waals surface area contributed by atoms with E-state index in [0.29, 0.717) is 5.56 Å². The number of nitrogens with two attached hydrogens (primary N) is 3. The smallest absolute Gasteiger partial charge is 0.358 e.